The fraction of sp³-hybridized carbons (Fsp3) is 0.200. The Labute approximate surface area is 76.0 Å². The van der Waals surface area contributed by atoms with E-state index in [1.54, 1.807) is 0 Å². The Hall–Kier alpha value is -1.64. The molecule has 0 atom stereocenters. The predicted octanol–water partition coefficient (Wildman–Crippen LogP) is 1.38. The van der Waals surface area contributed by atoms with Gasteiger partial charge in [-0.1, -0.05) is 0 Å². The summed E-state index contributed by atoms with van der Waals surface area (Å²) in [5.41, 5.74) is 3.06. The number of hydrogen-bond acceptors (Lipinski definition) is 2. The van der Waals surface area contributed by atoms with Gasteiger partial charge in [-0.25, -0.2) is 4.52 Å². The van der Waals surface area contributed by atoms with Crippen LogP contribution in [0.5, 0.6) is 0 Å². The van der Waals surface area contributed by atoms with Gasteiger partial charge in [-0.05, 0) is 30.7 Å². The minimum atomic E-state index is 0.473. The third kappa shape index (κ3) is 1.45. The summed E-state index contributed by atoms with van der Waals surface area (Å²) in [7, 11) is 0. The predicted molar refractivity (Wildman–Crippen MR) is 49.7 cm³/mol. The number of nitrogens with zero attached hydrogens (tertiary/aromatic N) is 2. The maximum Gasteiger partial charge on any atom is 0.124 e. The van der Waals surface area contributed by atoms with Gasteiger partial charge in [-0.3, -0.25) is 0 Å². The first-order valence-electron chi connectivity index (χ1n) is 4.18. The summed E-state index contributed by atoms with van der Waals surface area (Å²) >= 11 is 0. The molecule has 0 aliphatic rings. The van der Waals surface area contributed by atoms with Gasteiger partial charge in [0.2, 0.25) is 0 Å². The van der Waals surface area contributed by atoms with Gasteiger partial charge in [0.25, 0.3) is 0 Å². The van der Waals surface area contributed by atoms with Gasteiger partial charge in [0.05, 0.1) is 11.2 Å². The topological polar surface area (TPSA) is 34.4 Å². The molecule has 0 saturated heterocycles. The van der Waals surface area contributed by atoms with Crippen LogP contribution < -0.4 is 0 Å². The molecule has 0 aromatic carbocycles. The van der Waals surface area contributed by atoms with Gasteiger partial charge < -0.3 is 4.79 Å². The fourth-order valence-electron chi connectivity index (χ4n) is 1.39. The zero-order chi connectivity index (χ0) is 9.26. The average molecular weight is 174 g/mol. The highest BCUT2D eigenvalue weighted by Gasteiger charge is 1.98. The second-order valence-electron chi connectivity index (χ2n) is 3.06. The van der Waals surface area contributed by atoms with E-state index in [1.807, 2.05) is 35.8 Å². The Morgan fingerprint density at radius 3 is 3.15 bits per heavy atom. The Morgan fingerprint density at radius 2 is 2.38 bits per heavy atom. The zero-order valence-corrected chi connectivity index (χ0v) is 7.40. The highest BCUT2D eigenvalue weighted by molar-refractivity contribution is 5.58. The maximum atomic E-state index is 10.3. The van der Waals surface area contributed by atoms with Crippen LogP contribution in [0.3, 0.4) is 0 Å². The molecule has 0 amide bonds. The van der Waals surface area contributed by atoms with Crippen molar-refractivity contribution in [3.63, 3.8) is 0 Å². The highest BCUT2D eigenvalue weighted by Crippen LogP contribution is 2.08. The van der Waals surface area contributed by atoms with E-state index in [2.05, 4.69) is 5.10 Å². The maximum absolute atomic E-state index is 10.3. The molecule has 2 aromatic heterocycles. The molecular formula is C10H10N2O. The molecule has 2 rings (SSSR count). The molecule has 0 fully saturated rings. The van der Waals surface area contributed by atoms with Crippen molar-refractivity contribution >= 4 is 11.8 Å². The van der Waals surface area contributed by atoms with Crippen LogP contribution in [0.1, 0.15) is 11.3 Å². The van der Waals surface area contributed by atoms with E-state index in [4.69, 9.17) is 0 Å². The number of aryl methyl sites for hydroxylation is 1. The lowest BCUT2D eigenvalue weighted by molar-refractivity contribution is -0.107. The molecule has 3 nitrogen and oxygen atoms in total. The molecular weight excluding hydrogens is 164 g/mol. The number of carbonyl (C=O) groups excluding carboxylic acids is 1. The van der Waals surface area contributed by atoms with Gasteiger partial charge >= 0.3 is 0 Å². The van der Waals surface area contributed by atoms with Crippen LogP contribution >= 0.6 is 0 Å². The van der Waals surface area contributed by atoms with Crippen LogP contribution in [0.25, 0.3) is 5.52 Å². The van der Waals surface area contributed by atoms with Crippen molar-refractivity contribution in [2.75, 3.05) is 0 Å². The minimum Gasteiger partial charge on any atom is -0.303 e. The molecule has 0 bridgehead atoms. The number of carbonyl (C=O) groups is 1. The quantitative estimate of drug-likeness (QED) is 0.645. The van der Waals surface area contributed by atoms with Gasteiger partial charge in [0.15, 0.2) is 0 Å². The summed E-state index contributed by atoms with van der Waals surface area (Å²) in [6.45, 7) is 1.95. The van der Waals surface area contributed by atoms with Crippen LogP contribution in [-0.2, 0) is 11.2 Å². The molecule has 0 unspecified atom stereocenters. The molecule has 0 spiro atoms. The number of aldehydes is 1. The Bertz CT molecular complexity index is 445. The van der Waals surface area contributed by atoms with E-state index in [1.165, 1.54) is 0 Å². The Morgan fingerprint density at radius 1 is 1.54 bits per heavy atom. The van der Waals surface area contributed by atoms with Crippen molar-refractivity contribution in [3.8, 4) is 0 Å². The summed E-state index contributed by atoms with van der Waals surface area (Å²) in [5, 5.41) is 4.24. The Balaban J connectivity index is 2.54. The Kier molecular flexibility index (Phi) is 1.85. The molecule has 0 saturated carbocycles. The van der Waals surface area contributed by atoms with Crippen LogP contribution in [-0.4, -0.2) is 15.9 Å². The molecule has 0 radical (unpaired) electrons. The summed E-state index contributed by atoms with van der Waals surface area (Å²) in [6, 6.07) is 5.89. The second kappa shape index (κ2) is 3.01. The first-order valence-corrected chi connectivity index (χ1v) is 4.18. The zero-order valence-electron chi connectivity index (χ0n) is 7.40. The summed E-state index contributed by atoms with van der Waals surface area (Å²) < 4.78 is 1.81. The van der Waals surface area contributed by atoms with Gasteiger partial charge in [0, 0.05) is 12.6 Å². The van der Waals surface area contributed by atoms with Crippen LogP contribution in [0, 0.1) is 6.92 Å². The lowest BCUT2D eigenvalue weighted by Crippen LogP contribution is -1.90. The van der Waals surface area contributed by atoms with Crippen LogP contribution in [0.4, 0.5) is 0 Å². The minimum absolute atomic E-state index is 0.473. The van der Waals surface area contributed by atoms with Gasteiger partial charge in [0.1, 0.15) is 6.29 Å². The normalized spacial score (nSPS) is 10.5. The van der Waals surface area contributed by atoms with Crippen molar-refractivity contribution in [3.05, 3.63) is 35.7 Å². The molecule has 3 heteroatoms. The number of rotatable bonds is 2. The van der Waals surface area contributed by atoms with E-state index in [0.29, 0.717) is 6.42 Å². The average Bonchev–Trinajstić information content (AvgIpc) is 2.44. The number of fused-ring (bicyclic) bond motifs is 1. The lowest BCUT2D eigenvalue weighted by atomic mass is 10.2. The monoisotopic (exact) mass is 174 g/mol. The number of hydrogen-bond donors (Lipinski definition) is 0. The van der Waals surface area contributed by atoms with Gasteiger partial charge in [-0.15, -0.1) is 0 Å². The van der Waals surface area contributed by atoms with Gasteiger partial charge in [-0.2, -0.15) is 5.10 Å². The fourth-order valence-corrected chi connectivity index (χ4v) is 1.39. The van der Waals surface area contributed by atoms with E-state index in [-0.39, 0.29) is 0 Å². The molecule has 13 heavy (non-hydrogen) atoms. The largest absolute Gasteiger partial charge is 0.303 e. The first-order chi connectivity index (χ1) is 6.29. The molecule has 0 aliphatic carbocycles. The number of aromatic nitrogens is 2. The molecule has 0 aliphatic heterocycles. The van der Waals surface area contributed by atoms with Crippen molar-refractivity contribution in [1.82, 2.24) is 9.61 Å². The summed E-state index contributed by atoms with van der Waals surface area (Å²) in [5.74, 6) is 0. The number of pyridine rings is 1. The van der Waals surface area contributed by atoms with E-state index in [9.17, 15) is 4.79 Å². The SMILES string of the molecule is Cc1cc2cc(CC=O)ccn2n1. The van der Waals surface area contributed by atoms with Crippen molar-refractivity contribution in [2.45, 2.75) is 13.3 Å². The van der Waals surface area contributed by atoms with E-state index >= 15 is 0 Å². The van der Waals surface area contributed by atoms with E-state index < -0.39 is 0 Å². The lowest BCUT2D eigenvalue weighted by Gasteiger charge is -1.95. The van der Waals surface area contributed by atoms with E-state index in [0.717, 1.165) is 23.1 Å². The molecule has 2 heterocycles. The first kappa shape index (κ1) is 7.98. The van der Waals surface area contributed by atoms with Crippen molar-refractivity contribution in [2.24, 2.45) is 0 Å². The van der Waals surface area contributed by atoms with Crippen LogP contribution in [0.15, 0.2) is 24.4 Å². The molecule has 66 valence electrons. The van der Waals surface area contributed by atoms with Crippen LogP contribution in [0.2, 0.25) is 0 Å². The smallest absolute Gasteiger partial charge is 0.124 e. The summed E-state index contributed by atoms with van der Waals surface area (Å²) in [6.07, 6.45) is 3.26. The molecule has 2 aromatic rings. The molecule has 0 N–H and O–H groups in total. The van der Waals surface area contributed by atoms with Crippen molar-refractivity contribution in [1.29, 1.82) is 0 Å². The third-order valence-corrected chi connectivity index (χ3v) is 1.97. The summed E-state index contributed by atoms with van der Waals surface area (Å²) in [4.78, 5) is 10.3. The second-order valence-corrected chi connectivity index (χ2v) is 3.06. The highest BCUT2D eigenvalue weighted by atomic mass is 16.1. The third-order valence-electron chi connectivity index (χ3n) is 1.97. The standard InChI is InChI=1S/C10H10N2O/c1-8-6-10-7-9(3-5-13)2-4-12(10)11-8/h2,4-7H,3H2,1H3. The van der Waals surface area contributed by atoms with Crippen molar-refractivity contribution < 1.29 is 4.79 Å².